The Kier molecular flexibility index (Phi) is 3.21. The molecule has 0 spiro atoms. The van der Waals surface area contributed by atoms with Crippen LogP contribution in [0.4, 0.5) is 5.82 Å². The molecule has 0 bridgehead atoms. The Morgan fingerprint density at radius 1 is 1.60 bits per heavy atom. The molecule has 1 aromatic rings. The third kappa shape index (κ3) is 2.12. The van der Waals surface area contributed by atoms with Crippen LogP contribution in [0.15, 0.2) is 18.3 Å². The number of anilines is 1. The summed E-state index contributed by atoms with van der Waals surface area (Å²) in [6.07, 6.45) is 5.35. The summed E-state index contributed by atoms with van der Waals surface area (Å²) in [6, 6.07) is 4.76. The molecule has 1 saturated heterocycles. The van der Waals surface area contributed by atoms with Gasteiger partial charge in [-0.3, -0.25) is 0 Å². The zero-order valence-corrected chi connectivity index (χ0v) is 9.32. The average molecular weight is 205 g/mol. The molecule has 0 radical (unpaired) electrons. The van der Waals surface area contributed by atoms with Gasteiger partial charge >= 0.3 is 0 Å². The number of aromatic nitrogens is 1. The van der Waals surface area contributed by atoms with Gasteiger partial charge in [0.05, 0.1) is 0 Å². The molecule has 0 aliphatic carbocycles. The van der Waals surface area contributed by atoms with Gasteiger partial charge in [0.15, 0.2) is 0 Å². The monoisotopic (exact) mass is 205 g/mol. The first kappa shape index (κ1) is 10.4. The van der Waals surface area contributed by atoms with Crippen LogP contribution >= 0.6 is 0 Å². The number of hydrogen-bond acceptors (Lipinski definition) is 3. The third-order valence-corrected chi connectivity index (χ3v) is 3.11. The van der Waals surface area contributed by atoms with Gasteiger partial charge in [0, 0.05) is 18.8 Å². The SMILES string of the molecule is CC1CCCN1c1ncccc1CCN. The second-order valence-corrected chi connectivity index (χ2v) is 4.21. The van der Waals surface area contributed by atoms with E-state index in [1.807, 2.05) is 12.3 Å². The molecule has 82 valence electrons. The molecule has 1 aliphatic rings. The van der Waals surface area contributed by atoms with Gasteiger partial charge in [0.1, 0.15) is 5.82 Å². The van der Waals surface area contributed by atoms with Crippen molar-refractivity contribution in [3.8, 4) is 0 Å². The molecule has 3 heteroatoms. The number of pyridine rings is 1. The largest absolute Gasteiger partial charge is 0.354 e. The molecule has 0 aromatic carbocycles. The van der Waals surface area contributed by atoms with E-state index in [9.17, 15) is 0 Å². The molecule has 0 saturated carbocycles. The number of hydrogen-bond donors (Lipinski definition) is 1. The minimum Gasteiger partial charge on any atom is -0.354 e. The molecule has 1 aliphatic heterocycles. The molecule has 2 heterocycles. The highest BCUT2D eigenvalue weighted by atomic mass is 15.2. The van der Waals surface area contributed by atoms with Crippen LogP contribution in [0.2, 0.25) is 0 Å². The molecule has 1 unspecified atom stereocenters. The zero-order chi connectivity index (χ0) is 10.7. The van der Waals surface area contributed by atoms with E-state index < -0.39 is 0 Å². The molecular weight excluding hydrogens is 186 g/mol. The predicted octanol–water partition coefficient (Wildman–Crippen LogP) is 1.57. The maximum Gasteiger partial charge on any atom is 0.131 e. The molecule has 1 fully saturated rings. The molecule has 3 nitrogen and oxygen atoms in total. The van der Waals surface area contributed by atoms with E-state index in [1.54, 1.807) is 0 Å². The topological polar surface area (TPSA) is 42.2 Å². The predicted molar refractivity (Wildman–Crippen MR) is 63.0 cm³/mol. The smallest absolute Gasteiger partial charge is 0.131 e. The average Bonchev–Trinajstić information content (AvgIpc) is 2.66. The first-order chi connectivity index (χ1) is 7.33. The van der Waals surface area contributed by atoms with Gasteiger partial charge in [-0.15, -0.1) is 0 Å². The van der Waals surface area contributed by atoms with E-state index in [2.05, 4.69) is 22.9 Å². The van der Waals surface area contributed by atoms with Gasteiger partial charge in [0.25, 0.3) is 0 Å². The Balaban J connectivity index is 2.25. The van der Waals surface area contributed by atoms with E-state index in [1.165, 1.54) is 18.4 Å². The summed E-state index contributed by atoms with van der Waals surface area (Å²) in [5.74, 6) is 1.15. The van der Waals surface area contributed by atoms with Gasteiger partial charge in [-0.25, -0.2) is 4.98 Å². The summed E-state index contributed by atoms with van der Waals surface area (Å²) in [6.45, 7) is 4.10. The second-order valence-electron chi connectivity index (χ2n) is 4.21. The molecule has 1 aromatic heterocycles. The highest BCUT2D eigenvalue weighted by Gasteiger charge is 2.22. The summed E-state index contributed by atoms with van der Waals surface area (Å²) >= 11 is 0. The first-order valence-corrected chi connectivity index (χ1v) is 5.73. The fourth-order valence-corrected chi connectivity index (χ4v) is 2.29. The van der Waals surface area contributed by atoms with Crippen LogP contribution in [0.25, 0.3) is 0 Å². The van der Waals surface area contributed by atoms with E-state index >= 15 is 0 Å². The first-order valence-electron chi connectivity index (χ1n) is 5.73. The van der Waals surface area contributed by atoms with Crippen LogP contribution in [0.5, 0.6) is 0 Å². The maximum atomic E-state index is 5.62. The van der Waals surface area contributed by atoms with Gasteiger partial charge in [-0.05, 0) is 44.4 Å². The van der Waals surface area contributed by atoms with E-state index in [0.717, 1.165) is 18.8 Å². The van der Waals surface area contributed by atoms with Crippen molar-refractivity contribution < 1.29 is 0 Å². The summed E-state index contributed by atoms with van der Waals surface area (Å²) < 4.78 is 0. The van der Waals surface area contributed by atoms with Gasteiger partial charge in [0.2, 0.25) is 0 Å². The molecule has 15 heavy (non-hydrogen) atoms. The summed E-state index contributed by atoms with van der Waals surface area (Å²) in [7, 11) is 0. The van der Waals surface area contributed by atoms with Gasteiger partial charge in [-0.2, -0.15) is 0 Å². The van der Waals surface area contributed by atoms with Gasteiger partial charge < -0.3 is 10.6 Å². The van der Waals surface area contributed by atoms with Crippen molar-refractivity contribution in [1.82, 2.24) is 4.98 Å². The van der Waals surface area contributed by atoms with Crippen molar-refractivity contribution in [2.24, 2.45) is 5.73 Å². The highest BCUT2D eigenvalue weighted by molar-refractivity contribution is 5.48. The van der Waals surface area contributed by atoms with Crippen molar-refractivity contribution in [2.75, 3.05) is 18.0 Å². The lowest BCUT2D eigenvalue weighted by atomic mass is 10.1. The Bertz CT molecular complexity index is 324. The number of rotatable bonds is 3. The summed E-state index contributed by atoms with van der Waals surface area (Å²) in [4.78, 5) is 6.91. The maximum absolute atomic E-state index is 5.62. The van der Waals surface area contributed by atoms with E-state index in [4.69, 9.17) is 5.73 Å². The molecule has 2 N–H and O–H groups in total. The van der Waals surface area contributed by atoms with Crippen LogP contribution in [0.1, 0.15) is 25.3 Å². The lowest BCUT2D eigenvalue weighted by Crippen LogP contribution is -2.28. The number of nitrogens with two attached hydrogens (primary N) is 1. The van der Waals surface area contributed by atoms with E-state index in [0.29, 0.717) is 12.6 Å². The third-order valence-electron chi connectivity index (χ3n) is 3.11. The Morgan fingerprint density at radius 2 is 2.47 bits per heavy atom. The van der Waals surface area contributed by atoms with Crippen molar-refractivity contribution >= 4 is 5.82 Å². The Hall–Kier alpha value is -1.09. The standard InChI is InChI=1S/C12H19N3/c1-10-4-3-9-15(10)12-11(6-7-13)5-2-8-14-12/h2,5,8,10H,3-4,6-7,9,13H2,1H3. The molecule has 2 rings (SSSR count). The van der Waals surface area contributed by atoms with Crippen LogP contribution in [0.3, 0.4) is 0 Å². The molecule has 1 atom stereocenters. The van der Waals surface area contributed by atoms with E-state index in [-0.39, 0.29) is 0 Å². The molecule has 0 amide bonds. The zero-order valence-electron chi connectivity index (χ0n) is 9.32. The lowest BCUT2D eigenvalue weighted by molar-refractivity contribution is 0.722. The fourth-order valence-electron chi connectivity index (χ4n) is 2.29. The van der Waals surface area contributed by atoms with Crippen LogP contribution in [-0.2, 0) is 6.42 Å². The second kappa shape index (κ2) is 4.62. The van der Waals surface area contributed by atoms with Crippen molar-refractivity contribution in [2.45, 2.75) is 32.2 Å². The van der Waals surface area contributed by atoms with Crippen LogP contribution in [-0.4, -0.2) is 24.1 Å². The van der Waals surface area contributed by atoms with Crippen molar-refractivity contribution in [1.29, 1.82) is 0 Å². The normalized spacial score (nSPS) is 20.9. The van der Waals surface area contributed by atoms with Crippen molar-refractivity contribution in [3.63, 3.8) is 0 Å². The minimum absolute atomic E-state index is 0.622. The highest BCUT2D eigenvalue weighted by Crippen LogP contribution is 2.26. The Labute approximate surface area is 91.3 Å². The van der Waals surface area contributed by atoms with Crippen LogP contribution in [0, 0.1) is 0 Å². The summed E-state index contributed by atoms with van der Waals surface area (Å²) in [5.41, 5.74) is 6.90. The Morgan fingerprint density at radius 3 is 3.13 bits per heavy atom. The number of nitrogens with zero attached hydrogens (tertiary/aromatic N) is 2. The van der Waals surface area contributed by atoms with Gasteiger partial charge in [-0.1, -0.05) is 6.07 Å². The van der Waals surface area contributed by atoms with Crippen LogP contribution < -0.4 is 10.6 Å². The lowest BCUT2D eigenvalue weighted by Gasteiger charge is -2.24. The molecular formula is C12H19N3. The fraction of sp³-hybridized carbons (Fsp3) is 0.583. The minimum atomic E-state index is 0.622. The van der Waals surface area contributed by atoms with Crippen molar-refractivity contribution in [3.05, 3.63) is 23.9 Å². The summed E-state index contributed by atoms with van der Waals surface area (Å²) in [5, 5.41) is 0. The quantitative estimate of drug-likeness (QED) is 0.814.